The van der Waals surface area contributed by atoms with Crippen molar-refractivity contribution in [2.24, 2.45) is 0 Å². The number of rotatable bonds is 5. The van der Waals surface area contributed by atoms with Gasteiger partial charge in [-0.15, -0.1) is 0 Å². The highest BCUT2D eigenvalue weighted by molar-refractivity contribution is 6.15. The molecule has 0 unspecified atom stereocenters. The molecule has 0 fully saturated rings. The van der Waals surface area contributed by atoms with Crippen LogP contribution in [0, 0.1) is 0 Å². The third-order valence-electron chi connectivity index (χ3n) is 9.40. The fraction of sp³-hybridized carbons (Fsp3) is 0. The van der Waals surface area contributed by atoms with Gasteiger partial charge in [0.05, 0.1) is 11.4 Å². The fourth-order valence-electron chi connectivity index (χ4n) is 7.17. The van der Waals surface area contributed by atoms with Crippen molar-refractivity contribution in [2.45, 2.75) is 0 Å². The van der Waals surface area contributed by atoms with E-state index < -0.39 is 0 Å². The van der Waals surface area contributed by atoms with E-state index in [0.29, 0.717) is 0 Å². The molecule has 0 radical (unpaired) electrons. The van der Waals surface area contributed by atoms with Crippen molar-refractivity contribution in [3.63, 3.8) is 0 Å². The smallest absolute Gasteiger partial charge is 0.0540 e. The van der Waals surface area contributed by atoms with E-state index in [1.54, 1.807) is 0 Å². The van der Waals surface area contributed by atoms with Gasteiger partial charge in [0.15, 0.2) is 0 Å². The number of hydrogen-bond donors (Lipinski definition) is 0. The molecule has 0 heterocycles. The van der Waals surface area contributed by atoms with Crippen molar-refractivity contribution in [1.29, 1.82) is 0 Å². The van der Waals surface area contributed by atoms with Gasteiger partial charge < -0.3 is 4.90 Å². The molecule has 9 rings (SSSR count). The van der Waals surface area contributed by atoms with Gasteiger partial charge in [-0.2, -0.15) is 0 Å². The Balaban J connectivity index is 1.34. The van der Waals surface area contributed by atoms with Crippen molar-refractivity contribution >= 4 is 60.2 Å². The third-order valence-corrected chi connectivity index (χ3v) is 9.40. The molecule has 0 atom stereocenters. The monoisotopic (exact) mass is 597 g/mol. The van der Waals surface area contributed by atoms with Crippen molar-refractivity contribution in [3.05, 3.63) is 188 Å². The summed E-state index contributed by atoms with van der Waals surface area (Å²) in [5.74, 6) is 0. The maximum Gasteiger partial charge on any atom is 0.0540 e. The number of nitrogens with zero attached hydrogens (tertiary/aromatic N) is 1. The Labute approximate surface area is 274 Å². The zero-order valence-electron chi connectivity index (χ0n) is 25.8. The summed E-state index contributed by atoms with van der Waals surface area (Å²) in [7, 11) is 0. The van der Waals surface area contributed by atoms with Crippen LogP contribution in [-0.2, 0) is 0 Å². The molecule has 0 aliphatic carbocycles. The quantitative estimate of drug-likeness (QED) is 0.178. The van der Waals surface area contributed by atoms with Crippen LogP contribution in [0.4, 0.5) is 17.1 Å². The number of anilines is 3. The molecule has 9 aromatic carbocycles. The summed E-state index contributed by atoms with van der Waals surface area (Å²) in [4.78, 5) is 2.45. The van der Waals surface area contributed by atoms with E-state index in [9.17, 15) is 0 Å². The van der Waals surface area contributed by atoms with Crippen LogP contribution >= 0.6 is 0 Å². The lowest BCUT2D eigenvalue weighted by Crippen LogP contribution is -2.12. The number of benzene rings is 9. The summed E-state index contributed by atoms with van der Waals surface area (Å²) in [5, 5.41) is 9.96. The standard InChI is InChI=1S/C46H31N/c1-3-15-34-29-37(26-25-32(34)13-1)40-19-9-11-23-45(40)47(38-28-27-33-14-2-4-16-35(33)30-38)46-24-12-10-22-43(46)44-31-36-17-5-6-18-39(36)41-20-7-8-21-42(41)44/h1-31H. The highest BCUT2D eigenvalue weighted by Crippen LogP contribution is 2.47. The van der Waals surface area contributed by atoms with Gasteiger partial charge in [-0.25, -0.2) is 0 Å². The molecule has 0 amide bonds. The van der Waals surface area contributed by atoms with E-state index in [1.807, 2.05) is 0 Å². The van der Waals surface area contributed by atoms with Gasteiger partial charge in [0.2, 0.25) is 0 Å². The van der Waals surface area contributed by atoms with Crippen molar-refractivity contribution in [3.8, 4) is 22.3 Å². The van der Waals surface area contributed by atoms with E-state index >= 15 is 0 Å². The highest BCUT2D eigenvalue weighted by atomic mass is 15.1. The number of para-hydroxylation sites is 2. The first-order chi connectivity index (χ1) is 23.3. The van der Waals surface area contributed by atoms with Gasteiger partial charge in [-0.05, 0) is 90.6 Å². The molecular formula is C46H31N. The molecule has 0 aliphatic rings. The first-order valence-corrected chi connectivity index (χ1v) is 16.2. The molecule has 1 heteroatoms. The minimum atomic E-state index is 1.12. The lowest BCUT2D eigenvalue weighted by Gasteiger charge is -2.30. The van der Waals surface area contributed by atoms with Gasteiger partial charge in [-0.3, -0.25) is 0 Å². The van der Waals surface area contributed by atoms with Crippen LogP contribution in [0.5, 0.6) is 0 Å². The van der Waals surface area contributed by atoms with Gasteiger partial charge in [0.25, 0.3) is 0 Å². The zero-order chi connectivity index (χ0) is 31.2. The number of hydrogen-bond acceptors (Lipinski definition) is 1. The lowest BCUT2D eigenvalue weighted by atomic mass is 9.91. The summed E-state index contributed by atoms with van der Waals surface area (Å²) in [5.41, 5.74) is 8.18. The topological polar surface area (TPSA) is 3.24 Å². The largest absolute Gasteiger partial charge is 0.309 e. The molecule has 220 valence electrons. The fourth-order valence-corrected chi connectivity index (χ4v) is 7.17. The molecule has 1 nitrogen and oxygen atoms in total. The van der Waals surface area contributed by atoms with Gasteiger partial charge in [0.1, 0.15) is 0 Å². The van der Waals surface area contributed by atoms with Crippen LogP contribution in [0.2, 0.25) is 0 Å². The molecule has 9 aromatic rings. The molecule has 0 saturated carbocycles. The van der Waals surface area contributed by atoms with Gasteiger partial charge >= 0.3 is 0 Å². The Hall–Kier alpha value is -6.18. The van der Waals surface area contributed by atoms with Gasteiger partial charge in [0, 0.05) is 16.8 Å². The van der Waals surface area contributed by atoms with Crippen LogP contribution in [0.15, 0.2) is 188 Å². The zero-order valence-corrected chi connectivity index (χ0v) is 25.8. The Morgan fingerprint density at radius 3 is 1.53 bits per heavy atom. The van der Waals surface area contributed by atoms with Crippen molar-refractivity contribution < 1.29 is 0 Å². The lowest BCUT2D eigenvalue weighted by molar-refractivity contribution is 1.29. The van der Waals surface area contributed by atoms with Gasteiger partial charge in [-0.1, -0.05) is 152 Å². The summed E-state index contributed by atoms with van der Waals surface area (Å²) < 4.78 is 0. The van der Waals surface area contributed by atoms with E-state index in [0.717, 1.165) is 17.1 Å². The maximum atomic E-state index is 2.45. The second-order valence-electron chi connectivity index (χ2n) is 12.2. The highest BCUT2D eigenvalue weighted by Gasteiger charge is 2.22. The average Bonchev–Trinajstić information content (AvgIpc) is 3.15. The molecule has 0 bridgehead atoms. The van der Waals surface area contributed by atoms with E-state index in [1.165, 1.54) is 65.3 Å². The Morgan fingerprint density at radius 1 is 0.277 bits per heavy atom. The van der Waals surface area contributed by atoms with Crippen molar-refractivity contribution in [2.75, 3.05) is 4.90 Å². The molecule has 0 spiro atoms. The van der Waals surface area contributed by atoms with Crippen molar-refractivity contribution in [1.82, 2.24) is 0 Å². The summed E-state index contributed by atoms with van der Waals surface area (Å²) >= 11 is 0. The minimum absolute atomic E-state index is 1.12. The summed E-state index contributed by atoms with van der Waals surface area (Å²) in [6.45, 7) is 0. The predicted molar refractivity (Wildman–Crippen MR) is 202 cm³/mol. The second-order valence-corrected chi connectivity index (χ2v) is 12.2. The Bertz CT molecular complexity index is 2600. The summed E-state index contributed by atoms with van der Waals surface area (Å²) in [6.07, 6.45) is 0. The first kappa shape index (κ1) is 27.2. The number of fused-ring (bicyclic) bond motifs is 5. The Kier molecular flexibility index (Phi) is 6.54. The minimum Gasteiger partial charge on any atom is -0.309 e. The van der Waals surface area contributed by atoms with E-state index in [2.05, 4.69) is 193 Å². The third kappa shape index (κ3) is 4.72. The molecule has 0 saturated heterocycles. The predicted octanol–water partition coefficient (Wildman–Crippen LogP) is 13.1. The summed E-state index contributed by atoms with van der Waals surface area (Å²) in [6, 6.07) is 68.4. The molecule has 0 aromatic heterocycles. The molecule has 47 heavy (non-hydrogen) atoms. The average molecular weight is 598 g/mol. The van der Waals surface area contributed by atoms with E-state index in [-0.39, 0.29) is 0 Å². The second kappa shape index (κ2) is 11.3. The van der Waals surface area contributed by atoms with Crippen LogP contribution in [0.1, 0.15) is 0 Å². The SMILES string of the molecule is c1ccc(N(c2ccc3ccccc3c2)c2ccccc2-c2cc3ccccc3c3ccccc23)c(-c2ccc3ccccc3c2)c1. The maximum absolute atomic E-state index is 2.45. The molecule has 0 aliphatic heterocycles. The van der Waals surface area contributed by atoms with Crippen LogP contribution in [0.25, 0.3) is 65.3 Å². The molecule has 0 N–H and O–H groups in total. The van der Waals surface area contributed by atoms with Crippen LogP contribution < -0.4 is 4.90 Å². The Morgan fingerprint density at radius 2 is 0.787 bits per heavy atom. The van der Waals surface area contributed by atoms with Crippen LogP contribution in [0.3, 0.4) is 0 Å². The first-order valence-electron chi connectivity index (χ1n) is 16.2. The van der Waals surface area contributed by atoms with E-state index in [4.69, 9.17) is 0 Å². The normalized spacial score (nSPS) is 11.4. The molecular weight excluding hydrogens is 567 g/mol. The van der Waals surface area contributed by atoms with Crippen LogP contribution in [-0.4, -0.2) is 0 Å².